The lowest BCUT2D eigenvalue weighted by molar-refractivity contribution is -0.126. The van der Waals surface area contributed by atoms with Crippen molar-refractivity contribution in [2.24, 2.45) is 5.73 Å². The molecule has 0 radical (unpaired) electrons. The Hall–Kier alpha value is -0.770. The first-order chi connectivity index (χ1) is 9.33. The summed E-state index contributed by atoms with van der Waals surface area (Å²) < 4.78 is 0. The van der Waals surface area contributed by atoms with Gasteiger partial charge in [0.05, 0.1) is 5.54 Å². The van der Waals surface area contributed by atoms with E-state index in [1.54, 1.807) is 0 Å². The topological polar surface area (TPSA) is 55.1 Å². The van der Waals surface area contributed by atoms with Crippen LogP contribution in [0.15, 0.2) is 24.3 Å². The predicted octanol–water partition coefficient (Wildman–Crippen LogP) is 3.43. The zero-order chi connectivity index (χ0) is 14.8. The third kappa shape index (κ3) is 4.35. The summed E-state index contributed by atoms with van der Waals surface area (Å²) in [6.45, 7) is 4.75. The minimum absolute atomic E-state index is 0. The summed E-state index contributed by atoms with van der Waals surface area (Å²) in [6, 6.07) is 7.77. The lowest BCUT2D eigenvalue weighted by Crippen LogP contribution is -2.53. The van der Waals surface area contributed by atoms with Gasteiger partial charge in [0.1, 0.15) is 0 Å². The van der Waals surface area contributed by atoms with E-state index in [-0.39, 0.29) is 23.7 Å². The van der Waals surface area contributed by atoms with E-state index in [2.05, 4.69) is 19.2 Å². The van der Waals surface area contributed by atoms with Crippen LogP contribution >= 0.6 is 24.0 Å². The van der Waals surface area contributed by atoms with Gasteiger partial charge in [0.2, 0.25) is 5.91 Å². The first-order valence-electron chi connectivity index (χ1n) is 7.17. The molecule has 1 aliphatic rings. The lowest BCUT2D eigenvalue weighted by atomic mass is 9.84. The van der Waals surface area contributed by atoms with Gasteiger partial charge in [-0.25, -0.2) is 0 Å². The van der Waals surface area contributed by atoms with Gasteiger partial charge in [-0.15, -0.1) is 12.4 Å². The molecule has 2 rings (SSSR count). The number of carbonyl (C=O) groups is 1. The zero-order valence-electron chi connectivity index (χ0n) is 12.6. The molecule has 0 aliphatic heterocycles. The minimum atomic E-state index is -0.662. The fourth-order valence-electron chi connectivity index (χ4n) is 2.72. The minimum Gasteiger partial charge on any atom is -0.354 e. The monoisotopic (exact) mass is 330 g/mol. The van der Waals surface area contributed by atoms with Crippen LogP contribution in [-0.4, -0.2) is 18.0 Å². The molecule has 0 saturated heterocycles. The molecule has 1 amide bonds. The van der Waals surface area contributed by atoms with Crippen molar-refractivity contribution in [3.05, 3.63) is 34.9 Å². The molecule has 0 spiro atoms. The largest absolute Gasteiger partial charge is 0.354 e. The highest BCUT2D eigenvalue weighted by Gasteiger charge is 2.37. The van der Waals surface area contributed by atoms with Crippen molar-refractivity contribution in [3.63, 3.8) is 0 Å². The Morgan fingerprint density at radius 1 is 1.38 bits per heavy atom. The van der Waals surface area contributed by atoms with Gasteiger partial charge >= 0.3 is 0 Å². The van der Waals surface area contributed by atoms with E-state index < -0.39 is 5.54 Å². The predicted molar refractivity (Wildman–Crippen MR) is 90.1 cm³/mol. The average molecular weight is 331 g/mol. The number of amides is 1. The van der Waals surface area contributed by atoms with Crippen molar-refractivity contribution in [1.29, 1.82) is 0 Å². The number of hydrogen-bond donors (Lipinski definition) is 2. The number of rotatable bonds is 4. The molecule has 118 valence electrons. The molecule has 0 aromatic heterocycles. The van der Waals surface area contributed by atoms with Gasteiger partial charge in [-0.2, -0.15) is 0 Å². The molecular formula is C16H24Cl2N2O. The van der Waals surface area contributed by atoms with Crippen LogP contribution in [0.5, 0.6) is 0 Å². The lowest BCUT2D eigenvalue weighted by Gasteiger charge is -2.29. The Balaban J connectivity index is 0.00000220. The molecule has 0 bridgehead atoms. The summed E-state index contributed by atoms with van der Waals surface area (Å²) in [5.41, 5.74) is 6.44. The van der Waals surface area contributed by atoms with Crippen molar-refractivity contribution < 1.29 is 4.79 Å². The van der Waals surface area contributed by atoms with E-state index in [4.69, 9.17) is 17.3 Å². The van der Waals surface area contributed by atoms with Crippen LogP contribution in [0.4, 0.5) is 0 Å². The van der Waals surface area contributed by atoms with E-state index in [0.717, 1.165) is 31.2 Å². The molecule has 21 heavy (non-hydrogen) atoms. The number of nitrogens with two attached hydrogens (primary N) is 1. The second kappa shape index (κ2) is 6.99. The quantitative estimate of drug-likeness (QED) is 0.888. The molecule has 1 saturated carbocycles. The van der Waals surface area contributed by atoms with Crippen LogP contribution in [0.3, 0.4) is 0 Å². The normalized spacial score (nSPS) is 17.1. The van der Waals surface area contributed by atoms with Crippen molar-refractivity contribution in [3.8, 4) is 0 Å². The van der Waals surface area contributed by atoms with E-state index in [0.29, 0.717) is 11.6 Å². The molecule has 1 fully saturated rings. The Kier molecular flexibility index (Phi) is 6.09. The van der Waals surface area contributed by atoms with Crippen LogP contribution in [0.25, 0.3) is 0 Å². The van der Waals surface area contributed by atoms with Gasteiger partial charge in [0, 0.05) is 17.0 Å². The molecule has 1 aromatic carbocycles. The summed E-state index contributed by atoms with van der Waals surface area (Å²) in [5, 5.41) is 3.73. The first kappa shape index (κ1) is 18.3. The summed E-state index contributed by atoms with van der Waals surface area (Å²) in [7, 11) is 0. The Morgan fingerprint density at radius 2 is 2.00 bits per heavy atom. The number of benzene rings is 1. The molecule has 0 heterocycles. The molecule has 3 nitrogen and oxygen atoms in total. The van der Waals surface area contributed by atoms with Gasteiger partial charge in [-0.05, 0) is 30.5 Å². The highest BCUT2D eigenvalue weighted by atomic mass is 35.5. The van der Waals surface area contributed by atoms with Crippen LogP contribution in [-0.2, 0) is 10.2 Å². The van der Waals surface area contributed by atoms with Crippen LogP contribution in [0.2, 0.25) is 5.02 Å². The van der Waals surface area contributed by atoms with Crippen LogP contribution in [0, 0.1) is 0 Å². The second-order valence-corrected chi connectivity index (χ2v) is 6.88. The highest BCUT2D eigenvalue weighted by Crippen LogP contribution is 2.28. The van der Waals surface area contributed by atoms with E-state index in [1.807, 2.05) is 24.3 Å². The first-order valence-corrected chi connectivity index (χ1v) is 7.55. The van der Waals surface area contributed by atoms with Crippen molar-refractivity contribution in [1.82, 2.24) is 5.32 Å². The number of halogens is 2. The van der Waals surface area contributed by atoms with Crippen molar-refractivity contribution in [2.45, 2.75) is 50.5 Å². The zero-order valence-corrected chi connectivity index (χ0v) is 14.2. The van der Waals surface area contributed by atoms with Crippen LogP contribution in [0.1, 0.15) is 45.1 Å². The third-order valence-electron chi connectivity index (χ3n) is 4.24. The Bertz CT molecular complexity index is 497. The van der Waals surface area contributed by atoms with Crippen LogP contribution < -0.4 is 11.1 Å². The van der Waals surface area contributed by atoms with Gasteiger partial charge in [0.15, 0.2) is 0 Å². The summed E-state index contributed by atoms with van der Waals surface area (Å²) in [5.74, 6) is -0.0231. The average Bonchev–Trinajstić information content (AvgIpc) is 2.84. The summed E-state index contributed by atoms with van der Waals surface area (Å²) >= 11 is 6.03. The number of hydrogen-bond acceptors (Lipinski definition) is 2. The number of nitrogens with one attached hydrogen (secondary N) is 1. The molecule has 5 heteroatoms. The van der Waals surface area contributed by atoms with E-state index in [9.17, 15) is 4.79 Å². The Labute approximate surface area is 138 Å². The SMILES string of the molecule is CC(C)(CNC(=O)C1(N)CCCC1)c1cccc(Cl)c1.Cl. The molecule has 1 aromatic rings. The Morgan fingerprint density at radius 3 is 2.57 bits per heavy atom. The maximum Gasteiger partial charge on any atom is 0.240 e. The molecule has 3 N–H and O–H groups in total. The van der Waals surface area contributed by atoms with Crippen molar-refractivity contribution in [2.75, 3.05) is 6.54 Å². The second-order valence-electron chi connectivity index (χ2n) is 6.44. The smallest absolute Gasteiger partial charge is 0.240 e. The summed E-state index contributed by atoms with van der Waals surface area (Å²) in [6.07, 6.45) is 3.66. The highest BCUT2D eigenvalue weighted by molar-refractivity contribution is 6.30. The van der Waals surface area contributed by atoms with Crippen molar-refractivity contribution >= 4 is 29.9 Å². The standard InChI is InChI=1S/C16H23ClN2O.ClH/c1-15(2,12-6-5-7-13(17)10-12)11-19-14(20)16(18)8-3-4-9-16;/h5-7,10H,3-4,8-9,11,18H2,1-2H3,(H,19,20);1H. The fourth-order valence-corrected chi connectivity index (χ4v) is 2.91. The third-order valence-corrected chi connectivity index (χ3v) is 4.48. The van der Waals surface area contributed by atoms with Gasteiger partial charge in [0.25, 0.3) is 0 Å². The maximum atomic E-state index is 12.2. The molecule has 0 atom stereocenters. The molecule has 1 aliphatic carbocycles. The maximum absolute atomic E-state index is 12.2. The molecular weight excluding hydrogens is 307 g/mol. The summed E-state index contributed by atoms with van der Waals surface area (Å²) in [4.78, 5) is 12.2. The van der Waals surface area contributed by atoms with Gasteiger partial charge < -0.3 is 11.1 Å². The van der Waals surface area contributed by atoms with Gasteiger partial charge in [-0.1, -0.05) is 50.4 Å². The van der Waals surface area contributed by atoms with E-state index in [1.165, 1.54) is 0 Å². The fraction of sp³-hybridized carbons (Fsp3) is 0.562. The van der Waals surface area contributed by atoms with E-state index >= 15 is 0 Å². The number of carbonyl (C=O) groups excluding carboxylic acids is 1. The molecule has 0 unspecified atom stereocenters. The van der Waals surface area contributed by atoms with Gasteiger partial charge in [-0.3, -0.25) is 4.79 Å².